The van der Waals surface area contributed by atoms with E-state index >= 15 is 0 Å². The average molecular weight is 971 g/mol. The number of amides is 2. The molecule has 4 heterocycles. The molecule has 3 aromatic carbocycles. The van der Waals surface area contributed by atoms with Gasteiger partial charge in [0.2, 0.25) is 5.91 Å². The predicted molar refractivity (Wildman–Crippen MR) is 271 cm³/mol. The number of nitrogens with one attached hydrogen (secondary N) is 3. The molecule has 1 saturated heterocycles. The number of halogens is 2. The molecule has 0 bridgehead atoms. The van der Waals surface area contributed by atoms with Crippen LogP contribution in [0, 0.1) is 27.6 Å². The number of fused-ring (bicyclic) bond motifs is 1. The molecule has 3 N–H and O–H groups in total. The molecule has 2 saturated carbocycles. The van der Waals surface area contributed by atoms with Crippen molar-refractivity contribution in [2.75, 3.05) is 62.7 Å². The van der Waals surface area contributed by atoms with Gasteiger partial charge in [0.15, 0.2) is 0 Å². The second-order valence-corrected chi connectivity index (χ2v) is 21.3. The molecular formula is C55H68F2N10O4. The molecule has 9 rings (SSSR count). The van der Waals surface area contributed by atoms with Crippen LogP contribution >= 0.6 is 0 Å². The van der Waals surface area contributed by atoms with Crippen molar-refractivity contribution in [1.29, 1.82) is 10.7 Å². The van der Waals surface area contributed by atoms with Crippen molar-refractivity contribution in [2.45, 2.75) is 110 Å². The van der Waals surface area contributed by atoms with Crippen molar-refractivity contribution in [1.82, 2.24) is 30.2 Å². The molecule has 4 aromatic rings. The Morgan fingerprint density at radius 2 is 1.65 bits per heavy atom. The highest BCUT2D eigenvalue weighted by Gasteiger charge is 2.64. The number of hydrogen-bond donors (Lipinski definition) is 3. The van der Waals surface area contributed by atoms with Crippen LogP contribution in [0.15, 0.2) is 78.3 Å². The van der Waals surface area contributed by atoms with Crippen LogP contribution in [-0.4, -0.2) is 114 Å². The van der Waals surface area contributed by atoms with Crippen molar-refractivity contribution < 1.29 is 27.8 Å². The Hall–Kier alpha value is -6.47. The summed E-state index contributed by atoms with van der Waals surface area (Å²) in [6.45, 7) is 15.1. The maximum Gasteiger partial charge on any atom is 0.264 e. The molecule has 2 aliphatic carbocycles. The van der Waals surface area contributed by atoms with E-state index in [0.717, 1.165) is 87.2 Å². The van der Waals surface area contributed by atoms with Crippen LogP contribution in [-0.2, 0) is 18.3 Å². The van der Waals surface area contributed by atoms with E-state index in [4.69, 9.17) is 9.47 Å². The Morgan fingerprint density at radius 3 is 2.28 bits per heavy atom. The molecule has 1 aromatic heterocycles. The number of hydrogen-bond acceptors (Lipinski definition) is 10. The minimum Gasteiger partial charge on any atom is -0.495 e. The van der Waals surface area contributed by atoms with Gasteiger partial charge in [0.25, 0.3) is 12.3 Å². The maximum atomic E-state index is 14.7. The van der Waals surface area contributed by atoms with Gasteiger partial charge in [0.1, 0.15) is 29.5 Å². The molecule has 0 spiro atoms. The first-order valence-corrected chi connectivity index (χ1v) is 25.2. The summed E-state index contributed by atoms with van der Waals surface area (Å²) in [7, 11) is 3.31. The highest BCUT2D eigenvalue weighted by Crippen LogP contribution is 2.56. The summed E-state index contributed by atoms with van der Waals surface area (Å²) in [6, 6.07) is 19.3. The minimum atomic E-state index is -2.70. The van der Waals surface area contributed by atoms with Gasteiger partial charge in [-0.2, -0.15) is 10.4 Å². The second-order valence-electron chi connectivity index (χ2n) is 21.3. The molecule has 3 aliphatic heterocycles. The van der Waals surface area contributed by atoms with E-state index in [1.54, 1.807) is 60.2 Å². The fraction of sp³-hybridized carbons (Fsp3) is 0.509. The number of methoxy groups -OCH3 is 1. The topological polar surface area (TPSA) is 155 Å². The van der Waals surface area contributed by atoms with Crippen LogP contribution in [0.3, 0.4) is 0 Å². The van der Waals surface area contributed by atoms with E-state index in [2.05, 4.69) is 71.4 Å². The van der Waals surface area contributed by atoms with Crippen LogP contribution in [0.2, 0.25) is 0 Å². The van der Waals surface area contributed by atoms with Crippen LogP contribution in [0.25, 0.3) is 11.1 Å². The zero-order valence-electron chi connectivity index (χ0n) is 42.2. The Kier molecular flexibility index (Phi) is 13.9. The molecule has 71 heavy (non-hydrogen) atoms. The van der Waals surface area contributed by atoms with E-state index in [0.29, 0.717) is 71.5 Å². The Morgan fingerprint density at radius 1 is 0.930 bits per heavy atom. The van der Waals surface area contributed by atoms with Gasteiger partial charge < -0.3 is 34.8 Å². The Labute approximate surface area is 416 Å². The number of alkyl halides is 2. The fourth-order valence-corrected chi connectivity index (χ4v) is 12.4. The Balaban J connectivity index is 0.784. The van der Waals surface area contributed by atoms with Gasteiger partial charge in [0, 0.05) is 140 Å². The van der Waals surface area contributed by atoms with Crippen molar-refractivity contribution >= 4 is 29.0 Å². The van der Waals surface area contributed by atoms with Gasteiger partial charge in [-0.25, -0.2) is 8.78 Å². The molecule has 14 nitrogen and oxygen atoms in total. The summed E-state index contributed by atoms with van der Waals surface area (Å²) in [5, 5.41) is 30.4. The molecule has 2 amide bonds. The predicted octanol–water partition coefficient (Wildman–Crippen LogP) is 8.48. The molecule has 0 atom stereocenters. The summed E-state index contributed by atoms with van der Waals surface area (Å²) in [5.41, 5.74) is 5.79. The summed E-state index contributed by atoms with van der Waals surface area (Å²) < 4.78 is 42.8. The van der Waals surface area contributed by atoms with Crippen LogP contribution < -0.4 is 29.9 Å². The zero-order chi connectivity index (χ0) is 50.4. The standard InChI is InChI=1S/C55H68F2N10O4/c1-34(68)66-22-20-46(45(33-66)50(59)67-21-8-9-36-27-43(38-31-60-63(6)32-38)44(49(56)57)29-47(36)67)61-39-13-17-41(18-14-39)65-25-23-64(24-26-65)40-15-10-35(11-16-40)51(69)62-52-54(2,3)53(55(52,4)5)71-42-19-12-37(30-58)48(28-42)70-7/h10-12,15-16,19,27-29,31-32,39,41,49,52-53,59,61H,8-9,13-14,17-18,20-26,33H2,1-7H3,(H,62,69). The quantitative estimate of drug-likeness (QED) is 0.0931. The second kappa shape index (κ2) is 20.0. The van der Waals surface area contributed by atoms with E-state index in [1.165, 1.54) is 7.11 Å². The van der Waals surface area contributed by atoms with Gasteiger partial charge in [-0.1, -0.05) is 27.7 Å². The van der Waals surface area contributed by atoms with Gasteiger partial charge >= 0.3 is 0 Å². The van der Waals surface area contributed by atoms with Crippen LogP contribution in [0.1, 0.15) is 107 Å². The number of carbonyl (C=O) groups is 2. The van der Waals surface area contributed by atoms with E-state index < -0.39 is 6.43 Å². The fourth-order valence-electron chi connectivity index (χ4n) is 12.4. The largest absolute Gasteiger partial charge is 0.495 e. The molecule has 3 fully saturated rings. The van der Waals surface area contributed by atoms with Gasteiger partial charge in [0.05, 0.1) is 25.4 Å². The van der Waals surface area contributed by atoms with E-state index in [-0.39, 0.29) is 52.2 Å². The first kappa shape index (κ1) is 49.5. The summed E-state index contributed by atoms with van der Waals surface area (Å²) in [4.78, 5) is 35.0. The van der Waals surface area contributed by atoms with E-state index in [9.17, 15) is 29.0 Å². The first-order chi connectivity index (χ1) is 34.0. The van der Waals surface area contributed by atoms with Gasteiger partial charge in [-0.15, -0.1) is 0 Å². The van der Waals surface area contributed by atoms with Gasteiger partial charge in [-0.3, -0.25) is 24.6 Å². The number of benzene rings is 3. The number of amidine groups is 1. The van der Waals surface area contributed by atoms with E-state index in [1.807, 2.05) is 23.1 Å². The Bertz CT molecular complexity index is 2710. The number of nitriles is 1. The highest BCUT2D eigenvalue weighted by molar-refractivity contribution is 6.09. The number of aryl methyl sites for hydroxylation is 2. The lowest BCUT2D eigenvalue weighted by Crippen LogP contribution is -2.74. The van der Waals surface area contributed by atoms with Crippen molar-refractivity contribution in [3.63, 3.8) is 0 Å². The maximum absolute atomic E-state index is 14.7. The molecule has 5 aliphatic rings. The van der Waals surface area contributed by atoms with Crippen molar-refractivity contribution in [3.05, 3.63) is 101 Å². The summed E-state index contributed by atoms with van der Waals surface area (Å²) in [5.74, 6) is 1.20. The number of rotatable bonds is 12. The molecule has 0 radical (unpaired) electrons. The van der Waals surface area contributed by atoms with Gasteiger partial charge in [-0.05, 0) is 98.2 Å². The summed E-state index contributed by atoms with van der Waals surface area (Å²) in [6.07, 6.45) is 6.70. The number of piperazine rings is 1. The third-order valence-corrected chi connectivity index (χ3v) is 16.0. The lowest BCUT2D eigenvalue weighted by atomic mass is 9.49. The SMILES string of the molecule is COc1cc(OC2C(C)(C)C(NC(=O)c3ccc(N4CCN(C5CCC(NC6=C(C(=N)N7CCCc8cc(-c9cnn(C)c9)c(C(F)F)cc87)CN(C(C)=O)CC6)CC5)CC4)cc3)C2(C)C)ccc1C#N. The van der Waals surface area contributed by atoms with Crippen LogP contribution in [0.5, 0.6) is 11.5 Å². The lowest BCUT2D eigenvalue weighted by Gasteiger charge is -2.63. The average Bonchev–Trinajstić information content (AvgIpc) is 3.82. The third-order valence-electron chi connectivity index (χ3n) is 16.0. The first-order valence-electron chi connectivity index (χ1n) is 25.2. The lowest BCUT2D eigenvalue weighted by molar-refractivity contribution is -0.164. The third kappa shape index (κ3) is 9.82. The number of anilines is 2. The molecule has 16 heteroatoms. The van der Waals surface area contributed by atoms with Crippen molar-refractivity contribution in [2.24, 2.45) is 17.9 Å². The van der Waals surface area contributed by atoms with Crippen molar-refractivity contribution in [3.8, 4) is 28.7 Å². The number of ether oxygens (including phenoxy) is 2. The minimum absolute atomic E-state index is 0.0433. The smallest absolute Gasteiger partial charge is 0.264 e. The molecular weight excluding hydrogens is 903 g/mol. The normalized spacial score (nSPS) is 23.1. The molecule has 0 unspecified atom stereocenters. The summed E-state index contributed by atoms with van der Waals surface area (Å²) >= 11 is 0. The monoisotopic (exact) mass is 971 g/mol. The van der Waals surface area contributed by atoms with Crippen LogP contribution in [0.4, 0.5) is 20.2 Å². The number of nitrogens with zero attached hydrogens (tertiary/aromatic N) is 7. The number of carbonyl (C=O) groups excluding carboxylic acids is 2. The number of aromatic nitrogens is 2. The molecule has 376 valence electrons. The highest BCUT2D eigenvalue weighted by atomic mass is 19.3. The zero-order valence-corrected chi connectivity index (χ0v) is 42.2.